The van der Waals surface area contributed by atoms with E-state index >= 15 is 0 Å². The van der Waals surface area contributed by atoms with E-state index < -0.39 is 21.3 Å². The molecule has 0 bridgehead atoms. The number of halogens is 2. The molecule has 1 amide bonds. The maximum atomic E-state index is 13.3. The van der Waals surface area contributed by atoms with Crippen molar-refractivity contribution in [2.75, 3.05) is 19.3 Å². The third kappa shape index (κ3) is 4.14. The minimum Gasteiger partial charge on any atom is -0.396 e. The van der Waals surface area contributed by atoms with Gasteiger partial charge in [-0.15, -0.1) is 0 Å². The smallest absolute Gasteiger partial charge is 0.241 e. The van der Waals surface area contributed by atoms with Crippen LogP contribution in [0.2, 0.25) is 0 Å². The molecule has 0 unspecified atom stereocenters. The molecule has 4 N–H and O–H groups in total. The van der Waals surface area contributed by atoms with E-state index in [0.717, 1.165) is 12.1 Å². The van der Waals surface area contributed by atoms with E-state index in [4.69, 9.17) is 5.73 Å². The van der Waals surface area contributed by atoms with Gasteiger partial charge in [-0.05, 0) is 41.9 Å². The van der Waals surface area contributed by atoms with Gasteiger partial charge in [0.2, 0.25) is 15.9 Å². The van der Waals surface area contributed by atoms with Gasteiger partial charge in [0.1, 0.15) is 5.82 Å². The lowest BCUT2D eigenvalue weighted by Crippen LogP contribution is -2.43. The average Bonchev–Trinajstić information content (AvgIpc) is 2.39. The highest BCUT2D eigenvalue weighted by atomic mass is 79.9. The summed E-state index contributed by atoms with van der Waals surface area (Å²) in [7, 11) is -2.46. The first-order chi connectivity index (χ1) is 9.51. The fourth-order valence-electron chi connectivity index (χ4n) is 1.52. The molecule has 118 valence electrons. The van der Waals surface area contributed by atoms with Crippen LogP contribution in [0.1, 0.15) is 13.8 Å². The van der Waals surface area contributed by atoms with Gasteiger partial charge in [-0.2, -0.15) is 0 Å². The summed E-state index contributed by atoms with van der Waals surface area (Å²) in [4.78, 5) is 11.4. The summed E-state index contributed by atoms with van der Waals surface area (Å²) in [6.45, 7) is 3.09. The van der Waals surface area contributed by atoms with Crippen molar-refractivity contribution < 1.29 is 17.6 Å². The van der Waals surface area contributed by atoms with E-state index in [-0.39, 0.29) is 27.5 Å². The number of hydrogen-bond donors (Lipinski definition) is 3. The molecule has 0 aliphatic heterocycles. The van der Waals surface area contributed by atoms with Crippen LogP contribution in [0.5, 0.6) is 0 Å². The minimum atomic E-state index is -3.93. The molecule has 1 aromatic rings. The molecule has 0 aromatic heterocycles. The van der Waals surface area contributed by atoms with Crippen molar-refractivity contribution in [2.24, 2.45) is 5.41 Å². The quantitative estimate of drug-likeness (QED) is 0.667. The normalized spacial score (nSPS) is 12.2. The van der Waals surface area contributed by atoms with Gasteiger partial charge in [-0.25, -0.2) is 17.5 Å². The van der Waals surface area contributed by atoms with Crippen molar-refractivity contribution in [2.45, 2.75) is 18.7 Å². The molecule has 21 heavy (non-hydrogen) atoms. The van der Waals surface area contributed by atoms with E-state index in [0.29, 0.717) is 0 Å². The van der Waals surface area contributed by atoms with Gasteiger partial charge in [0.25, 0.3) is 0 Å². The number of rotatable bonds is 5. The molecule has 1 aromatic carbocycles. The molecule has 0 aliphatic rings. The van der Waals surface area contributed by atoms with Crippen LogP contribution >= 0.6 is 15.9 Å². The van der Waals surface area contributed by atoms with Crippen LogP contribution in [0, 0.1) is 11.2 Å². The lowest BCUT2D eigenvalue weighted by Gasteiger charge is -2.23. The highest BCUT2D eigenvalue weighted by molar-refractivity contribution is 9.10. The Morgan fingerprint density at radius 2 is 2.00 bits per heavy atom. The maximum absolute atomic E-state index is 13.3. The molecule has 0 atom stereocenters. The van der Waals surface area contributed by atoms with E-state index in [2.05, 4.69) is 26.0 Å². The van der Waals surface area contributed by atoms with Gasteiger partial charge < -0.3 is 11.1 Å². The monoisotopic (exact) mass is 381 g/mol. The Balaban J connectivity index is 3.03. The molecule has 9 heteroatoms. The van der Waals surface area contributed by atoms with Gasteiger partial charge in [0.15, 0.2) is 0 Å². The number of carbonyl (C=O) groups is 1. The van der Waals surface area contributed by atoms with Crippen molar-refractivity contribution in [3.05, 3.63) is 22.4 Å². The topological polar surface area (TPSA) is 101 Å². The Morgan fingerprint density at radius 1 is 1.43 bits per heavy atom. The zero-order chi connectivity index (χ0) is 16.4. The molecule has 1 rings (SSSR count). The van der Waals surface area contributed by atoms with E-state index in [1.165, 1.54) is 7.05 Å². The summed E-state index contributed by atoms with van der Waals surface area (Å²) in [6.07, 6.45) is 0. The maximum Gasteiger partial charge on any atom is 0.241 e. The van der Waals surface area contributed by atoms with Gasteiger partial charge in [0, 0.05) is 18.1 Å². The first kappa shape index (κ1) is 17.9. The first-order valence-electron chi connectivity index (χ1n) is 5.97. The molecular formula is C12H17BrFN3O3S. The zero-order valence-electron chi connectivity index (χ0n) is 11.8. The highest BCUT2D eigenvalue weighted by Gasteiger charge is 2.29. The number of nitrogens with one attached hydrogen (secondary N) is 2. The Labute approximate surface area is 131 Å². The van der Waals surface area contributed by atoms with Crippen LogP contribution in [-0.2, 0) is 14.8 Å². The lowest BCUT2D eigenvalue weighted by atomic mass is 9.93. The molecule has 0 aliphatic carbocycles. The highest BCUT2D eigenvalue weighted by Crippen LogP contribution is 2.27. The SMILES string of the molecule is CNC(=O)C(C)(C)CNS(=O)(=O)c1cc(N)c(F)cc1Br. The summed E-state index contributed by atoms with van der Waals surface area (Å²) in [6, 6.07) is 2.00. The van der Waals surface area contributed by atoms with Crippen molar-refractivity contribution in [1.29, 1.82) is 0 Å². The molecule has 0 saturated carbocycles. The summed E-state index contributed by atoms with van der Waals surface area (Å²) in [5.74, 6) is -1.02. The van der Waals surface area contributed by atoms with Gasteiger partial charge in [-0.3, -0.25) is 4.79 Å². The number of amides is 1. The molecular weight excluding hydrogens is 365 g/mol. The number of carbonyl (C=O) groups excluding carboxylic acids is 1. The first-order valence-corrected chi connectivity index (χ1v) is 8.25. The Kier molecular flexibility index (Phi) is 5.35. The van der Waals surface area contributed by atoms with Crippen LogP contribution in [-0.4, -0.2) is 27.9 Å². The van der Waals surface area contributed by atoms with Crippen LogP contribution < -0.4 is 15.8 Å². The number of nitrogen functional groups attached to an aromatic ring is 1. The standard InChI is InChI=1S/C12H17BrFN3O3S/c1-12(2,11(18)16-3)6-17-21(19,20)10-5-9(15)8(14)4-7(10)13/h4-5,17H,6,15H2,1-3H3,(H,16,18). The van der Waals surface area contributed by atoms with Crippen molar-refractivity contribution in [3.8, 4) is 0 Å². The largest absolute Gasteiger partial charge is 0.396 e. The van der Waals surface area contributed by atoms with Crippen molar-refractivity contribution >= 4 is 37.5 Å². The second kappa shape index (κ2) is 6.29. The van der Waals surface area contributed by atoms with E-state index in [9.17, 15) is 17.6 Å². The number of hydrogen-bond acceptors (Lipinski definition) is 4. The Morgan fingerprint density at radius 3 is 2.52 bits per heavy atom. The predicted octanol–water partition coefficient (Wildman–Crippen LogP) is 1.22. The summed E-state index contributed by atoms with van der Waals surface area (Å²) >= 11 is 2.99. The third-order valence-electron chi connectivity index (χ3n) is 2.89. The molecule has 0 heterocycles. The number of nitrogens with two attached hydrogens (primary N) is 1. The van der Waals surface area contributed by atoms with E-state index in [1.54, 1.807) is 13.8 Å². The molecule has 6 nitrogen and oxygen atoms in total. The average molecular weight is 382 g/mol. The molecule has 0 fully saturated rings. The molecule has 0 spiro atoms. The van der Waals surface area contributed by atoms with Crippen LogP contribution in [0.3, 0.4) is 0 Å². The van der Waals surface area contributed by atoms with Gasteiger partial charge >= 0.3 is 0 Å². The zero-order valence-corrected chi connectivity index (χ0v) is 14.2. The summed E-state index contributed by atoms with van der Waals surface area (Å²) in [5.41, 5.74) is 4.18. The van der Waals surface area contributed by atoms with E-state index in [1.807, 2.05) is 0 Å². The Hall–Kier alpha value is -1.19. The lowest BCUT2D eigenvalue weighted by molar-refractivity contribution is -0.128. The Bertz CT molecular complexity index is 662. The predicted molar refractivity (Wildman–Crippen MR) is 81.5 cm³/mol. The van der Waals surface area contributed by atoms with Gasteiger partial charge in [0.05, 0.1) is 16.0 Å². The van der Waals surface area contributed by atoms with Gasteiger partial charge in [-0.1, -0.05) is 0 Å². The fourth-order valence-corrected chi connectivity index (χ4v) is 3.78. The van der Waals surface area contributed by atoms with Crippen LogP contribution in [0.4, 0.5) is 10.1 Å². The van der Waals surface area contributed by atoms with Crippen LogP contribution in [0.25, 0.3) is 0 Å². The summed E-state index contributed by atoms with van der Waals surface area (Å²) in [5, 5.41) is 2.46. The second-order valence-electron chi connectivity index (χ2n) is 5.09. The second-order valence-corrected chi connectivity index (χ2v) is 7.68. The van der Waals surface area contributed by atoms with Crippen LogP contribution in [0.15, 0.2) is 21.5 Å². The molecule has 0 saturated heterocycles. The summed E-state index contributed by atoms with van der Waals surface area (Å²) < 4.78 is 40.1. The minimum absolute atomic E-state index is 0.0550. The van der Waals surface area contributed by atoms with Crippen molar-refractivity contribution in [1.82, 2.24) is 10.0 Å². The number of sulfonamides is 1. The molecule has 0 radical (unpaired) electrons. The van der Waals surface area contributed by atoms with Crippen molar-refractivity contribution in [3.63, 3.8) is 0 Å². The fraction of sp³-hybridized carbons (Fsp3) is 0.417. The third-order valence-corrected chi connectivity index (χ3v) is 5.25. The number of anilines is 1. The number of benzene rings is 1.